The summed E-state index contributed by atoms with van der Waals surface area (Å²) in [6.45, 7) is 4.02. The monoisotopic (exact) mass is 382 g/mol. The van der Waals surface area contributed by atoms with Gasteiger partial charge in [0.15, 0.2) is 0 Å². The Morgan fingerprint density at radius 1 is 1.29 bits per heavy atom. The number of fused-ring (bicyclic) bond motifs is 1. The Morgan fingerprint density at radius 3 is 2.89 bits per heavy atom. The van der Waals surface area contributed by atoms with Gasteiger partial charge in [-0.25, -0.2) is 4.99 Å². The zero-order valence-electron chi connectivity index (χ0n) is 15.3. The quantitative estimate of drug-likeness (QED) is 0.462. The summed E-state index contributed by atoms with van der Waals surface area (Å²) in [6, 6.07) is 3.82. The van der Waals surface area contributed by atoms with Crippen molar-refractivity contribution >= 4 is 35.4 Å². The fourth-order valence-electron chi connectivity index (χ4n) is 3.24. The van der Waals surface area contributed by atoms with E-state index in [2.05, 4.69) is 25.8 Å². The lowest BCUT2D eigenvalue weighted by molar-refractivity contribution is -0.112. The maximum absolute atomic E-state index is 12.9. The van der Waals surface area contributed by atoms with Crippen LogP contribution in [0.2, 0.25) is 0 Å². The minimum Gasteiger partial charge on any atom is -0.490 e. The van der Waals surface area contributed by atoms with Crippen LogP contribution >= 0.6 is 0 Å². The van der Waals surface area contributed by atoms with Gasteiger partial charge in [0, 0.05) is 44.3 Å². The van der Waals surface area contributed by atoms with Gasteiger partial charge in [-0.2, -0.15) is 0 Å². The first-order chi connectivity index (χ1) is 13.8. The zero-order chi connectivity index (χ0) is 19.3. The zero-order valence-corrected chi connectivity index (χ0v) is 15.3. The second kappa shape index (κ2) is 8.13. The summed E-state index contributed by atoms with van der Waals surface area (Å²) >= 11 is 0. The number of anilines is 3. The number of nitrogens with one attached hydrogen (secondary N) is 4. The minimum absolute atomic E-state index is 0.149. The van der Waals surface area contributed by atoms with Gasteiger partial charge in [0.05, 0.1) is 35.8 Å². The number of benzene rings is 1. The smallest absolute Gasteiger partial charge is 0.261 e. The second-order valence-electron chi connectivity index (χ2n) is 6.38. The van der Waals surface area contributed by atoms with Crippen molar-refractivity contribution in [1.82, 2.24) is 5.32 Å². The second-order valence-corrected chi connectivity index (χ2v) is 6.38. The molecule has 28 heavy (non-hydrogen) atoms. The van der Waals surface area contributed by atoms with Crippen LogP contribution in [-0.4, -0.2) is 57.8 Å². The van der Waals surface area contributed by atoms with Crippen LogP contribution in [0.15, 0.2) is 40.8 Å². The highest BCUT2D eigenvalue weighted by atomic mass is 16.5. The predicted octanol–water partition coefficient (Wildman–Crippen LogP) is 1.31. The molecule has 4 rings (SSSR count). The van der Waals surface area contributed by atoms with Crippen molar-refractivity contribution in [1.29, 1.82) is 5.41 Å². The highest BCUT2D eigenvalue weighted by Gasteiger charge is 2.22. The number of nitrogens with zero attached hydrogens (tertiary/aromatic N) is 2. The Kier molecular flexibility index (Phi) is 5.24. The molecule has 0 saturated carbocycles. The van der Waals surface area contributed by atoms with E-state index in [1.165, 1.54) is 0 Å². The molecule has 0 aliphatic carbocycles. The Bertz CT molecular complexity index is 871. The van der Waals surface area contributed by atoms with Gasteiger partial charge in [0.25, 0.3) is 5.91 Å². The number of aliphatic imine (C=N–C) groups is 1. The normalized spacial score (nSPS) is 19.6. The summed E-state index contributed by atoms with van der Waals surface area (Å²) in [4.78, 5) is 19.2. The first-order valence-corrected chi connectivity index (χ1v) is 9.15. The number of morpholine rings is 1. The maximum atomic E-state index is 12.9. The molecular formula is C19H22N6O3. The van der Waals surface area contributed by atoms with Crippen molar-refractivity contribution in [2.45, 2.75) is 0 Å². The summed E-state index contributed by atoms with van der Waals surface area (Å²) < 4.78 is 11.2. The van der Waals surface area contributed by atoms with E-state index >= 15 is 0 Å². The SMILES string of the molecule is N=C/C(C(=O)Nc1cc2c(cc1N1CCOCC1)OCCN2)=C1/N=CC=CN1. The van der Waals surface area contributed by atoms with Gasteiger partial charge in [0.2, 0.25) is 0 Å². The van der Waals surface area contributed by atoms with Gasteiger partial charge in [-0.15, -0.1) is 0 Å². The number of hydrogen-bond acceptors (Lipinski definition) is 8. The fraction of sp³-hybridized carbons (Fsp3) is 0.316. The lowest BCUT2D eigenvalue weighted by Gasteiger charge is -2.32. The van der Waals surface area contributed by atoms with Gasteiger partial charge < -0.3 is 35.7 Å². The van der Waals surface area contributed by atoms with Crippen LogP contribution in [0.1, 0.15) is 0 Å². The molecule has 4 N–H and O–H groups in total. The van der Waals surface area contributed by atoms with Gasteiger partial charge in [-0.05, 0) is 12.1 Å². The average Bonchev–Trinajstić information content (AvgIpc) is 2.75. The molecule has 1 saturated heterocycles. The standard InChI is InChI=1S/C19H22N6O3/c20-12-13(18-22-2-1-3-23-18)19(26)24-14-10-15-17(28-7-4-21-15)11-16(14)25-5-8-27-9-6-25/h1-3,10-12,20-22H,4-9H2,(H,24,26)/b18-13-,20-12?. The van der Waals surface area contributed by atoms with Crippen molar-refractivity contribution in [2.75, 3.05) is 55.0 Å². The highest BCUT2D eigenvalue weighted by molar-refractivity contribution is 6.18. The first kappa shape index (κ1) is 18.1. The summed E-state index contributed by atoms with van der Waals surface area (Å²) in [5.41, 5.74) is 2.50. The van der Waals surface area contributed by atoms with E-state index in [4.69, 9.17) is 14.9 Å². The van der Waals surface area contributed by atoms with E-state index in [0.717, 1.165) is 36.4 Å². The van der Waals surface area contributed by atoms with Crippen LogP contribution in [0, 0.1) is 5.41 Å². The number of rotatable bonds is 4. The third-order valence-electron chi connectivity index (χ3n) is 4.62. The van der Waals surface area contributed by atoms with Gasteiger partial charge in [-0.3, -0.25) is 4.79 Å². The molecule has 1 aromatic rings. The van der Waals surface area contributed by atoms with Crippen LogP contribution in [0.5, 0.6) is 5.75 Å². The molecule has 1 amide bonds. The molecular weight excluding hydrogens is 360 g/mol. The van der Waals surface area contributed by atoms with Gasteiger partial charge in [-0.1, -0.05) is 0 Å². The summed E-state index contributed by atoms with van der Waals surface area (Å²) in [5.74, 6) is 0.693. The molecule has 9 heteroatoms. The van der Waals surface area contributed by atoms with E-state index in [0.29, 0.717) is 37.9 Å². The molecule has 0 aromatic heterocycles. The first-order valence-electron chi connectivity index (χ1n) is 9.15. The Hall–Kier alpha value is -3.33. The summed E-state index contributed by atoms with van der Waals surface area (Å²) in [5, 5.41) is 16.8. The van der Waals surface area contributed by atoms with Crippen molar-refractivity contribution in [3.05, 3.63) is 35.8 Å². The van der Waals surface area contributed by atoms with Crippen LogP contribution in [0.4, 0.5) is 17.1 Å². The fourth-order valence-corrected chi connectivity index (χ4v) is 3.24. The number of carbonyl (C=O) groups excluding carboxylic acids is 1. The summed E-state index contributed by atoms with van der Waals surface area (Å²) in [7, 11) is 0. The molecule has 9 nitrogen and oxygen atoms in total. The van der Waals surface area contributed by atoms with Crippen molar-refractivity contribution < 1.29 is 14.3 Å². The molecule has 1 aromatic carbocycles. The van der Waals surface area contributed by atoms with Crippen LogP contribution in [0.3, 0.4) is 0 Å². The third-order valence-corrected chi connectivity index (χ3v) is 4.62. The van der Waals surface area contributed by atoms with Crippen LogP contribution < -0.4 is 25.6 Å². The summed E-state index contributed by atoms with van der Waals surface area (Å²) in [6.07, 6.45) is 5.96. The molecule has 0 atom stereocenters. The highest BCUT2D eigenvalue weighted by Crippen LogP contribution is 2.39. The predicted molar refractivity (Wildman–Crippen MR) is 109 cm³/mol. The third kappa shape index (κ3) is 3.70. The molecule has 1 fully saturated rings. The molecule has 146 valence electrons. The van der Waals surface area contributed by atoms with E-state index in [1.54, 1.807) is 18.5 Å². The maximum Gasteiger partial charge on any atom is 0.261 e. The van der Waals surface area contributed by atoms with Crippen LogP contribution in [-0.2, 0) is 9.53 Å². The van der Waals surface area contributed by atoms with E-state index < -0.39 is 5.91 Å². The van der Waals surface area contributed by atoms with Gasteiger partial charge >= 0.3 is 0 Å². The average molecular weight is 382 g/mol. The molecule has 0 bridgehead atoms. The van der Waals surface area contributed by atoms with Gasteiger partial charge in [0.1, 0.15) is 18.2 Å². The topological polar surface area (TPSA) is 111 Å². The largest absolute Gasteiger partial charge is 0.490 e. The number of carbonyl (C=O) groups is 1. The molecule has 0 spiro atoms. The number of hydrogen-bond donors (Lipinski definition) is 4. The molecule has 0 unspecified atom stereocenters. The minimum atomic E-state index is -0.406. The number of allylic oxidation sites excluding steroid dienone is 1. The molecule has 3 aliphatic heterocycles. The number of amides is 1. The van der Waals surface area contributed by atoms with Crippen molar-refractivity contribution in [2.24, 2.45) is 4.99 Å². The van der Waals surface area contributed by atoms with E-state index in [1.807, 2.05) is 12.1 Å². The molecule has 3 aliphatic rings. The lowest BCUT2D eigenvalue weighted by atomic mass is 10.1. The number of ether oxygens (including phenoxy) is 2. The molecule has 0 radical (unpaired) electrons. The Balaban J connectivity index is 1.67. The van der Waals surface area contributed by atoms with Crippen LogP contribution in [0.25, 0.3) is 0 Å². The Morgan fingerprint density at radius 2 is 2.14 bits per heavy atom. The lowest BCUT2D eigenvalue weighted by Crippen LogP contribution is -2.37. The van der Waals surface area contributed by atoms with Crippen molar-refractivity contribution in [3.63, 3.8) is 0 Å². The van der Waals surface area contributed by atoms with E-state index in [9.17, 15) is 4.79 Å². The van der Waals surface area contributed by atoms with E-state index in [-0.39, 0.29) is 5.57 Å². The van der Waals surface area contributed by atoms with Crippen molar-refractivity contribution in [3.8, 4) is 5.75 Å². The Labute approximate surface area is 162 Å². The molecule has 3 heterocycles.